The molecule has 2 aliphatic rings. The molecule has 0 saturated carbocycles. The topological polar surface area (TPSA) is 125 Å². The minimum atomic E-state index is -3.80. The maximum Gasteiger partial charge on any atom is 0.274 e. The molecule has 1 N–H and O–H groups in total. The number of nitriles is 1. The van der Waals surface area contributed by atoms with Crippen molar-refractivity contribution in [1.29, 1.82) is 5.26 Å². The lowest BCUT2D eigenvalue weighted by Gasteiger charge is -2.42. The molecule has 10 heteroatoms. The van der Waals surface area contributed by atoms with Crippen LogP contribution in [-0.2, 0) is 16.6 Å². The number of benzene rings is 2. The van der Waals surface area contributed by atoms with Gasteiger partial charge in [0, 0.05) is 48.4 Å². The molecule has 0 radical (unpaired) electrons. The number of piperidine rings is 1. The van der Waals surface area contributed by atoms with Crippen molar-refractivity contribution in [2.45, 2.75) is 23.8 Å². The molecular formula is C28H23N5O4S. The number of fused-ring (bicyclic) bond motifs is 5. The Kier molecular flexibility index (Phi) is 5.82. The zero-order chi connectivity index (χ0) is 26.4. The standard InChI is InChI=1S/C28H23N5O4S/c29-14-18-6-8-21(9-7-18)27(34)31-23-10-11-24-22-13-19(16-33(24)28(23)35)15-32(17-22)38(36,37)25-5-1-3-20-4-2-12-30-26(20)25/h1-12,19,22H,13,15-17H2,(H,31,34). The average molecular weight is 526 g/mol. The molecule has 1 saturated heterocycles. The number of para-hydroxylation sites is 1. The second-order valence-corrected chi connectivity index (χ2v) is 11.6. The van der Waals surface area contributed by atoms with Gasteiger partial charge in [0.05, 0.1) is 17.1 Å². The Labute approximate surface area is 219 Å². The van der Waals surface area contributed by atoms with E-state index in [0.29, 0.717) is 29.7 Å². The molecule has 4 aromatic rings. The fourth-order valence-electron chi connectivity index (χ4n) is 5.51. The van der Waals surface area contributed by atoms with Crippen LogP contribution in [0.1, 0.15) is 34.0 Å². The lowest BCUT2D eigenvalue weighted by Crippen LogP contribution is -2.49. The van der Waals surface area contributed by atoms with Crippen molar-refractivity contribution >= 4 is 32.5 Å². The summed E-state index contributed by atoms with van der Waals surface area (Å²) >= 11 is 0. The van der Waals surface area contributed by atoms with Crippen LogP contribution < -0.4 is 10.9 Å². The monoisotopic (exact) mass is 525 g/mol. The van der Waals surface area contributed by atoms with E-state index in [1.807, 2.05) is 18.2 Å². The number of pyridine rings is 2. The van der Waals surface area contributed by atoms with Crippen molar-refractivity contribution in [3.8, 4) is 6.07 Å². The molecule has 2 unspecified atom stereocenters. The summed E-state index contributed by atoms with van der Waals surface area (Å²) in [6, 6.07) is 20.3. The predicted molar refractivity (Wildman–Crippen MR) is 141 cm³/mol. The van der Waals surface area contributed by atoms with E-state index in [-0.39, 0.29) is 34.5 Å². The van der Waals surface area contributed by atoms with E-state index in [9.17, 15) is 18.0 Å². The minimum absolute atomic E-state index is 0.0406. The highest BCUT2D eigenvalue weighted by atomic mass is 32.2. The summed E-state index contributed by atoms with van der Waals surface area (Å²) in [5.74, 6) is -0.624. The summed E-state index contributed by atoms with van der Waals surface area (Å²) in [6.45, 7) is 0.930. The number of nitrogens with zero attached hydrogens (tertiary/aromatic N) is 4. The normalized spacial score (nSPS) is 18.9. The van der Waals surface area contributed by atoms with Crippen LogP contribution in [0.3, 0.4) is 0 Å². The minimum Gasteiger partial charge on any atom is -0.317 e. The van der Waals surface area contributed by atoms with Crippen LogP contribution in [0, 0.1) is 17.2 Å². The van der Waals surface area contributed by atoms with Gasteiger partial charge in [0.2, 0.25) is 10.0 Å². The first-order valence-corrected chi connectivity index (χ1v) is 13.7. The van der Waals surface area contributed by atoms with E-state index >= 15 is 0 Å². The van der Waals surface area contributed by atoms with Crippen LogP contribution in [0.4, 0.5) is 5.69 Å². The van der Waals surface area contributed by atoms with Gasteiger partial charge in [0.25, 0.3) is 11.5 Å². The third kappa shape index (κ3) is 4.06. The highest BCUT2D eigenvalue weighted by molar-refractivity contribution is 7.89. The summed E-state index contributed by atoms with van der Waals surface area (Å²) in [6.07, 6.45) is 2.38. The Morgan fingerprint density at radius 3 is 2.58 bits per heavy atom. The van der Waals surface area contributed by atoms with Crippen molar-refractivity contribution in [2.75, 3.05) is 18.4 Å². The number of rotatable bonds is 4. The fraction of sp³-hybridized carbons (Fsp3) is 0.214. The summed E-state index contributed by atoms with van der Waals surface area (Å²) in [7, 11) is -3.80. The predicted octanol–water partition coefficient (Wildman–Crippen LogP) is 3.33. The van der Waals surface area contributed by atoms with Crippen molar-refractivity contribution in [3.63, 3.8) is 0 Å². The molecule has 38 heavy (non-hydrogen) atoms. The molecule has 0 spiro atoms. The third-order valence-corrected chi connectivity index (χ3v) is 9.17. The molecule has 1 fully saturated rings. The molecule has 190 valence electrons. The Bertz CT molecular complexity index is 1790. The molecule has 2 bridgehead atoms. The van der Waals surface area contributed by atoms with E-state index in [1.165, 1.54) is 16.4 Å². The molecule has 2 aromatic heterocycles. The van der Waals surface area contributed by atoms with Gasteiger partial charge in [0.1, 0.15) is 10.6 Å². The SMILES string of the molecule is N#Cc1ccc(C(=O)Nc2ccc3n(c2=O)CC2CC3CN(S(=O)(=O)c3cccc4cccnc34)C2)cc1. The molecule has 1 amide bonds. The van der Waals surface area contributed by atoms with E-state index in [0.717, 1.165) is 17.5 Å². The van der Waals surface area contributed by atoms with Gasteiger partial charge in [-0.2, -0.15) is 9.57 Å². The first-order valence-electron chi connectivity index (χ1n) is 12.2. The first kappa shape index (κ1) is 24.0. The van der Waals surface area contributed by atoms with Crippen molar-refractivity contribution < 1.29 is 13.2 Å². The molecule has 2 atom stereocenters. The van der Waals surface area contributed by atoms with Gasteiger partial charge in [-0.25, -0.2) is 8.42 Å². The summed E-state index contributed by atoms with van der Waals surface area (Å²) < 4.78 is 30.6. The summed E-state index contributed by atoms with van der Waals surface area (Å²) in [4.78, 5) is 30.5. The molecule has 9 nitrogen and oxygen atoms in total. The molecule has 0 aliphatic carbocycles. The Hall–Kier alpha value is -4.33. The van der Waals surface area contributed by atoms with Crippen LogP contribution in [0.25, 0.3) is 10.9 Å². The Morgan fingerprint density at radius 1 is 1.00 bits per heavy atom. The smallest absolute Gasteiger partial charge is 0.274 e. The second kappa shape index (κ2) is 9.20. The molecule has 6 rings (SSSR count). The number of sulfonamides is 1. The lowest BCUT2D eigenvalue weighted by molar-refractivity contribution is 0.102. The Morgan fingerprint density at radius 2 is 1.79 bits per heavy atom. The zero-order valence-corrected chi connectivity index (χ0v) is 21.1. The quantitative estimate of drug-likeness (QED) is 0.436. The van der Waals surface area contributed by atoms with Gasteiger partial charge >= 0.3 is 0 Å². The van der Waals surface area contributed by atoms with Gasteiger partial charge in [-0.15, -0.1) is 0 Å². The highest BCUT2D eigenvalue weighted by Crippen LogP contribution is 2.38. The molecule has 2 aromatic carbocycles. The molecule has 4 heterocycles. The van der Waals surface area contributed by atoms with Gasteiger partial charge in [0.15, 0.2) is 0 Å². The summed E-state index contributed by atoms with van der Waals surface area (Å²) in [5.41, 5.74) is 1.84. The van der Waals surface area contributed by atoms with E-state index in [1.54, 1.807) is 53.2 Å². The second-order valence-electron chi connectivity index (χ2n) is 9.68. The van der Waals surface area contributed by atoms with E-state index in [2.05, 4.69) is 10.3 Å². The number of carbonyl (C=O) groups is 1. The molecular weight excluding hydrogens is 502 g/mol. The van der Waals surface area contributed by atoms with Crippen LogP contribution in [0.15, 0.2) is 82.6 Å². The Balaban J connectivity index is 1.27. The van der Waals surface area contributed by atoms with Crippen LogP contribution >= 0.6 is 0 Å². The van der Waals surface area contributed by atoms with Crippen LogP contribution in [0.2, 0.25) is 0 Å². The van der Waals surface area contributed by atoms with Gasteiger partial charge in [-0.1, -0.05) is 18.2 Å². The third-order valence-electron chi connectivity index (χ3n) is 7.31. The number of anilines is 1. The maximum atomic E-state index is 13.7. The van der Waals surface area contributed by atoms with Crippen LogP contribution in [0.5, 0.6) is 0 Å². The van der Waals surface area contributed by atoms with Crippen molar-refractivity contribution in [3.05, 3.63) is 100 Å². The largest absolute Gasteiger partial charge is 0.317 e. The number of hydrogen-bond donors (Lipinski definition) is 1. The van der Waals surface area contributed by atoms with E-state index < -0.39 is 15.9 Å². The van der Waals surface area contributed by atoms with E-state index in [4.69, 9.17) is 5.26 Å². The van der Waals surface area contributed by atoms with Crippen LogP contribution in [-0.4, -0.2) is 41.3 Å². The number of amides is 1. The number of carbonyl (C=O) groups excluding carboxylic acids is 1. The fourth-order valence-corrected chi connectivity index (χ4v) is 7.23. The molecule has 2 aliphatic heterocycles. The van der Waals surface area contributed by atoms with Gasteiger partial charge < -0.3 is 9.88 Å². The zero-order valence-electron chi connectivity index (χ0n) is 20.2. The van der Waals surface area contributed by atoms with Crippen molar-refractivity contribution in [2.24, 2.45) is 5.92 Å². The average Bonchev–Trinajstić information content (AvgIpc) is 2.94. The first-order chi connectivity index (χ1) is 18.3. The lowest BCUT2D eigenvalue weighted by atomic mass is 9.84. The number of aromatic nitrogens is 2. The van der Waals surface area contributed by atoms with Gasteiger partial charge in [-0.3, -0.25) is 14.6 Å². The van der Waals surface area contributed by atoms with Crippen molar-refractivity contribution in [1.82, 2.24) is 13.9 Å². The van der Waals surface area contributed by atoms with Gasteiger partial charge in [-0.05, 0) is 60.9 Å². The number of nitrogens with one attached hydrogen (secondary N) is 1. The number of hydrogen-bond acceptors (Lipinski definition) is 6. The highest BCUT2D eigenvalue weighted by Gasteiger charge is 2.40. The summed E-state index contributed by atoms with van der Waals surface area (Å²) in [5, 5.41) is 12.4. The maximum absolute atomic E-state index is 13.7.